The first-order valence-electron chi connectivity index (χ1n) is 8.81. The predicted octanol–water partition coefficient (Wildman–Crippen LogP) is 3.38. The van der Waals surface area contributed by atoms with E-state index >= 15 is 0 Å². The summed E-state index contributed by atoms with van der Waals surface area (Å²) in [6.45, 7) is 2.96. The lowest BCUT2D eigenvalue weighted by Crippen LogP contribution is -2.37. The van der Waals surface area contributed by atoms with E-state index in [4.69, 9.17) is 0 Å². The van der Waals surface area contributed by atoms with Gasteiger partial charge in [0.1, 0.15) is 0 Å². The van der Waals surface area contributed by atoms with Gasteiger partial charge in [0, 0.05) is 39.3 Å². The van der Waals surface area contributed by atoms with Crippen LogP contribution in [0.5, 0.6) is 0 Å². The highest BCUT2D eigenvalue weighted by Gasteiger charge is 2.38. The van der Waals surface area contributed by atoms with E-state index in [9.17, 15) is 18.0 Å². The monoisotopic (exact) mass is 416 g/mol. The van der Waals surface area contributed by atoms with E-state index < -0.39 is 17.8 Å². The molecule has 1 fully saturated rings. The molecule has 1 N–H and O–H groups in total. The summed E-state index contributed by atoms with van der Waals surface area (Å²) in [6.07, 6.45) is -0.749. The molecule has 0 saturated carbocycles. The fourth-order valence-electron chi connectivity index (χ4n) is 3.57. The number of alkyl halides is 3. The summed E-state index contributed by atoms with van der Waals surface area (Å²) in [4.78, 5) is 14.6. The number of carbonyl (C=O) groups is 1. The average molecular weight is 417 g/mol. The van der Waals surface area contributed by atoms with Crippen molar-refractivity contribution in [2.45, 2.75) is 25.1 Å². The average Bonchev–Trinajstić information content (AvgIpc) is 3.27. The van der Waals surface area contributed by atoms with Crippen LogP contribution in [-0.2, 0) is 18.0 Å². The number of halogens is 4. The second kappa shape index (κ2) is 8.53. The summed E-state index contributed by atoms with van der Waals surface area (Å²) >= 11 is 0. The van der Waals surface area contributed by atoms with E-state index in [1.54, 1.807) is 30.9 Å². The largest absolute Gasteiger partial charge is 0.416 e. The first-order chi connectivity index (χ1) is 12.7. The zero-order chi connectivity index (χ0) is 19.8. The summed E-state index contributed by atoms with van der Waals surface area (Å²) in [7, 11) is 3.47. The summed E-state index contributed by atoms with van der Waals surface area (Å²) in [5.74, 6) is -0.353. The summed E-state index contributed by atoms with van der Waals surface area (Å²) in [5, 5.41) is 7.41. The van der Waals surface area contributed by atoms with E-state index in [1.165, 1.54) is 11.0 Å². The quantitative estimate of drug-likeness (QED) is 0.831. The van der Waals surface area contributed by atoms with Crippen LogP contribution in [0, 0.1) is 5.92 Å². The molecular weight excluding hydrogens is 393 g/mol. The van der Waals surface area contributed by atoms with Gasteiger partial charge in [-0.2, -0.15) is 18.3 Å². The molecule has 0 aliphatic carbocycles. The van der Waals surface area contributed by atoms with E-state index in [0.29, 0.717) is 18.7 Å². The Bertz CT molecular complexity index is 824. The van der Waals surface area contributed by atoms with Gasteiger partial charge in [0.2, 0.25) is 5.91 Å². The highest BCUT2D eigenvalue weighted by atomic mass is 35.5. The molecule has 9 heteroatoms. The van der Waals surface area contributed by atoms with Crippen molar-refractivity contribution in [1.82, 2.24) is 20.0 Å². The number of aryl methyl sites for hydroxylation is 1. The SMILES string of the molecule is CC(c1cccc(C(F)(F)F)c1)N(C)C(=O)[C@H]1CNC[C@@H]1c1cnn(C)c1.Cl. The van der Waals surface area contributed by atoms with Crippen molar-refractivity contribution in [1.29, 1.82) is 0 Å². The minimum atomic E-state index is -4.40. The minimum absolute atomic E-state index is 0. The lowest BCUT2D eigenvalue weighted by molar-refractivity contribution is -0.137. The number of amides is 1. The van der Waals surface area contributed by atoms with Gasteiger partial charge in [-0.3, -0.25) is 9.48 Å². The third kappa shape index (κ3) is 4.50. The van der Waals surface area contributed by atoms with Crippen molar-refractivity contribution in [3.8, 4) is 0 Å². The number of hydrogen-bond acceptors (Lipinski definition) is 3. The van der Waals surface area contributed by atoms with Crippen molar-refractivity contribution in [3.05, 3.63) is 53.3 Å². The third-order valence-electron chi connectivity index (χ3n) is 5.31. The molecule has 3 atom stereocenters. The number of carbonyl (C=O) groups excluding carboxylic acids is 1. The highest BCUT2D eigenvalue weighted by Crippen LogP contribution is 2.34. The number of nitrogens with zero attached hydrogens (tertiary/aromatic N) is 3. The van der Waals surface area contributed by atoms with Crippen molar-refractivity contribution < 1.29 is 18.0 Å². The molecule has 1 amide bonds. The van der Waals surface area contributed by atoms with Gasteiger partial charge in [0.25, 0.3) is 0 Å². The van der Waals surface area contributed by atoms with Crippen LogP contribution in [0.15, 0.2) is 36.7 Å². The number of nitrogens with one attached hydrogen (secondary N) is 1. The fraction of sp³-hybridized carbons (Fsp3) is 0.474. The van der Waals surface area contributed by atoms with Crippen LogP contribution in [0.25, 0.3) is 0 Å². The Morgan fingerprint density at radius 3 is 2.68 bits per heavy atom. The molecule has 28 heavy (non-hydrogen) atoms. The standard InChI is InChI=1S/C19H23F3N4O.ClH/c1-12(13-5-4-6-15(7-13)19(20,21)22)26(3)18(27)17-10-23-9-16(17)14-8-24-25(2)11-14;/h4-8,11-12,16-17,23H,9-10H2,1-3H3;1H/t12?,16-,17+;/m1./s1. The summed E-state index contributed by atoms with van der Waals surface area (Å²) < 4.78 is 40.6. The molecule has 3 rings (SSSR count). The van der Waals surface area contributed by atoms with Gasteiger partial charge in [-0.1, -0.05) is 12.1 Å². The molecular formula is C19H24ClF3N4O. The maximum absolute atomic E-state index is 13.1. The van der Waals surface area contributed by atoms with E-state index in [2.05, 4.69) is 10.4 Å². The zero-order valence-electron chi connectivity index (χ0n) is 15.9. The number of rotatable bonds is 4. The van der Waals surface area contributed by atoms with Gasteiger partial charge in [0.05, 0.1) is 23.7 Å². The zero-order valence-corrected chi connectivity index (χ0v) is 16.7. The predicted molar refractivity (Wildman–Crippen MR) is 102 cm³/mol. The molecule has 2 aromatic rings. The molecule has 1 aliphatic rings. The second-order valence-corrected chi connectivity index (χ2v) is 7.07. The Labute approximate surface area is 168 Å². The number of aromatic nitrogens is 2. The maximum Gasteiger partial charge on any atom is 0.416 e. The fourth-order valence-corrected chi connectivity index (χ4v) is 3.57. The molecule has 2 heterocycles. The lowest BCUT2D eigenvalue weighted by atomic mass is 9.89. The molecule has 5 nitrogen and oxygen atoms in total. The Morgan fingerprint density at radius 2 is 2.07 bits per heavy atom. The van der Waals surface area contributed by atoms with Gasteiger partial charge in [-0.05, 0) is 30.2 Å². The smallest absolute Gasteiger partial charge is 0.339 e. The van der Waals surface area contributed by atoms with E-state index in [0.717, 1.165) is 17.7 Å². The van der Waals surface area contributed by atoms with Crippen LogP contribution >= 0.6 is 12.4 Å². The van der Waals surface area contributed by atoms with Crippen LogP contribution in [0.2, 0.25) is 0 Å². The van der Waals surface area contributed by atoms with Gasteiger partial charge < -0.3 is 10.2 Å². The van der Waals surface area contributed by atoms with Crippen molar-refractivity contribution in [2.75, 3.05) is 20.1 Å². The molecule has 0 spiro atoms. The van der Waals surface area contributed by atoms with Gasteiger partial charge in [0.15, 0.2) is 0 Å². The van der Waals surface area contributed by atoms with Gasteiger partial charge in [-0.15, -0.1) is 12.4 Å². The first kappa shape index (κ1) is 22.2. The Hall–Kier alpha value is -2.06. The summed E-state index contributed by atoms with van der Waals surface area (Å²) in [5.41, 5.74) is 0.744. The van der Waals surface area contributed by atoms with Crippen molar-refractivity contribution >= 4 is 18.3 Å². The molecule has 1 aromatic carbocycles. The van der Waals surface area contributed by atoms with Crippen LogP contribution in [-0.4, -0.2) is 40.7 Å². The highest BCUT2D eigenvalue weighted by molar-refractivity contribution is 5.85. The van der Waals surface area contributed by atoms with E-state index in [-0.39, 0.29) is 30.2 Å². The normalized spacial score (nSPS) is 20.5. The first-order valence-corrected chi connectivity index (χ1v) is 8.81. The van der Waals surface area contributed by atoms with Crippen LogP contribution in [0.3, 0.4) is 0 Å². The minimum Gasteiger partial charge on any atom is -0.339 e. The number of hydrogen-bond donors (Lipinski definition) is 1. The van der Waals surface area contributed by atoms with Crippen molar-refractivity contribution in [3.63, 3.8) is 0 Å². The Morgan fingerprint density at radius 1 is 1.36 bits per heavy atom. The van der Waals surface area contributed by atoms with Crippen LogP contribution in [0.4, 0.5) is 13.2 Å². The van der Waals surface area contributed by atoms with Crippen LogP contribution in [0.1, 0.15) is 35.6 Å². The van der Waals surface area contributed by atoms with Gasteiger partial charge in [-0.25, -0.2) is 0 Å². The topological polar surface area (TPSA) is 50.2 Å². The van der Waals surface area contributed by atoms with E-state index in [1.807, 2.05) is 13.2 Å². The molecule has 1 saturated heterocycles. The molecule has 1 unspecified atom stereocenters. The molecule has 154 valence electrons. The molecule has 0 bridgehead atoms. The molecule has 1 aromatic heterocycles. The third-order valence-corrected chi connectivity index (χ3v) is 5.31. The van der Waals surface area contributed by atoms with Crippen molar-refractivity contribution in [2.24, 2.45) is 13.0 Å². The lowest BCUT2D eigenvalue weighted by Gasteiger charge is -2.30. The number of benzene rings is 1. The molecule has 0 radical (unpaired) electrons. The second-order valence-electron chi connectivity index (χ2n) is 7.07. The molecule has 1 aliphatic heterocycles. The Balaban J connectivity index is 0.00000280. The van der Waals surface area contributed by atoms with Gasteiger partial charge >= 0.3 is 6.18 Å². The maximum atomic E-state index is 13.1. The van der Waals surface area contributed by atoms with Crippen LogP contribution < -0.4 is 5.32 Å². The summed E-state index contributed by atoms with van der Waals surface area (Å²) in [6, 6.07) is 4.68. The Kier molecular flexibility index (Phi) is 6.77.